The Labute approximate surface area is 104 Å². The first-order chi connectivity index (χ1) is 7.56. The van der Waals surface area contributed by atoms with Gasteiger partial charge in [0.1, 0.15) is 5.56 Å². The molecule has 0 aliphatic heterocycles. The third-order valence-corrected chi connectivity index (χ3v) is 2.61. The van der Waals surface area contributed by atoms with Crippen LogP contribution in [0, 0.1) is 0 Å². The van der Waals surface area contributed by atoms with Gasteiger partial charge in [-0.15, -0.1) is 6.58 Å². The van der Waals surface area contributed by atoms with Crippen molar-refractivity contribution in [2.45, 2.75) is 56.7 Å². The molecule has 0 aromatic rings. The summed E-state index contributed by atoms with van der Waals surface area (Å²) in [4.78, 5) is 0. The predicted octanol–water partition coefficient (Wildman–Crippen LogP) is 2.41. The van der Waals surface area contributed by atoms with Gasteiger partial charge in [-0.3, -0.25) is 0 Å². The van der Waals surface area contributed by atoms with E-state index in [2.05, 4.69) is 13.5 Å². The zero-order valence-electron chi connectivity index (χ0n) is 10.1. The van der Waals surface area contributed by atoms with Gasteiger partial charge in [0.2, 0.25) is 0 Å². The van der Waals surface area contributed by atoms with E-state index in [1.54, 1.807) is 6.08 Å². The number of alkyl halides is 1. The summed E-state index contributed by atoms with van der Waals surface area (Å²) in [5.74, 6) is 0. The third kappa shape index (κ3) is 10.4. The average molecular weight is 250 g/mol. The molecular formula is C12H24ClNO2. The molecule has 0 spiro atoms. The minimum Gasteiger partial charge on any atom is -0.378 e. The van der Waals surface area contributed by atoms with E-state index < -0.39 is 5.56 Å². The lowest BCUT2D eigenvalue weighted by molar-refractivity contribution is 0.0797. The number of aliphatic hydroxyl groups excluding tert-OH is 1. The van der Waals surface area contributed by atoms with E-state index in [-0.39, 0.29) is 12.1 Å². The predicted molar refractivity (Wildman–Crippen MR) is 68.5 cm³/mol. The van der Waals surface area contributed by atoms with Crippen molar-refractivity contribution in [3.63, 3.8) is 0 Å². The summed E-state index contributed by atoms with van der Waals surface area (Å²) in [6.07, 6.45) is 6.56. The fraction of sp³-hybridized carbons (Fsp3) is 0.833. The summed E-state index contributed by atoms with van der Waals surface area (Å²) < 4.78 is 5.45. The van der Waals surface area contributed by atoms with Crippen molar-refractivity contribution >= 4 is 11.6 Å². The molecule has 0 saturated carbocycles. The number of hydrogen-bond donors (Lipinski definition) is 2. The van der Waals surface area contributed by atoms with Crippen LogP contribution in [-0.2, 0) is 4.74 Å². The normalized spacial score (nSPS) is 16.8. The fourth-order valence-corrected chi connectivity index (χ4v) is 1.75. The van der Waals surface area contributed by atoms with Crippen LogP contribution in [0.2, 0.25) is 0 Å². The molecule has 0 amide bonds. The molecule has 0 aromatic heterocycles. The molecule has 0 aromatic carbocycles. The highest BCUT2D eigenvalue weighted by molar-refractivity contribution is 6.19. The maximum absolute atomic E-state index is 8.92. The molecule has 0 radical (unpaired) electrons. The van der Waals surface area contributed by atoms with Gasteiger partial charge in [-0.1, -0.05) is 30.5 Å². The smallest absolute Gasteiger partial charge is 0.129 e. The first-order valence-corrected chi connectivity index (χ1v) is 6.30. The zero-order chi connectivity index (χ0) is 12.4. The standard InChI is InChI=1S/C12H24ClNO2/c1-3-8-16-10(2)6-4-5-7-11(14)9-12(13)15/h3,10-12,15H,1,4-9,14H2,2H3/t10?,11-,12?/m0/s1. The number of rotatable bonds is 10. The molecule has 3 nitrogen and oxygen atoms in total. The minimum atomic E-state index is -0.815. The Hall–Kier alpha value is -0.0900. The van der Waals surface area contributed by atoms with Crippen molar-refractivity contribution in [1.29, 1.82) is 0 Å². The van der Waals surface area contributed by atoms with Gasteiger partial charge in [0, 0.05) is 12.5 Å². The summed E-state index contributed by atoms with van der Waals surface area (Å²) in [7, 11) is 0. The number of hydrogen-bond acceptors (Lipinski definition) is 3. The molecule has 16 heavy (non-hydrogen) atoms. The van der Waals surface area contributed by atoms with Crippen LogP contribution in [0.3, 0.4) is 0 Å². The molecule has 0 aliphatic carbocycles. The molecule has 0 aliphatic rings. The highest BCUT2D eigenvalue weighted by atomic mass is 35.5. The summed E-state index contributed by atoms with van der Waals surface area (Å²) in [5, 5.41) is 8.92. The third-order valence-electron chi connectivity index (χ3n) is 2.43. The van der Waals surface area contributed by atoms with E-state index in [0.717, 1.165) is 25.7 Å². The quantitative estimate of drug-likeness (QED) is 0.355. The van der Waals surface area contributed by atoms with Crippen molar-refractivity contribution in [2.24, 2.45) is 5.73 Å². The van der Waals surface area contributed by atoms with Gasteiger partial charge < -0.3 is 15.6 Å². The second-order valence-corrected chi connectivity index (χ2v) is 4.65. The molecule has 0 rings (SSSR count). The summed E-state index contributed by atoms with van der Waals surface area (Å²) >= 11 is 5.44. The van der Waals surface area contributed by atoms with Gasteiger partial charge in [-0.05, 0) is 19.8 Å². The molecule has 96 valence electrons. The first kappa shape index (κ1) is 15.9. The van der Waals surface area contributed by atoms with Crippen LogP contribution in [-0.4, -0.2) is 29.4 Å². The summed E-state index contributed by atoms with van der Waals surface area (Å²) in [6, 6.07) is -0.00287. The Balaban J connectivity index is 3.34. The molecule has 4 heteroatoms. The van der Waals surface area contributed by atoms with Gasteiger partial charge in [-0.25, -0.2) is 0 Å². The van der Waals surface area contributed by atoms with Crippen LogP contribution in [0.5, 0.6) is 0 Å². The second-order valence-electron chi connectivity index (χ2n) is 4.15. The van der Waals surface area contributed by atoms with Crippen LogP contribution in [0.15, 0.2) is 12.7 Å². The highest BCUT2D eigenvalue weighted by Crippen LogP contribution is 2.11. The van der Waals surface area contributed by atoms with Crippen LogP contribution in [0.4, 0.5) is 0 Å². The summed E-state index contributed by atoms with van der Waals surface area (Å²) in [5.41, 5.74) is 4.97. The minimum absolute atomic E-state index is 0.00287. The Kier molecular flexibility index (Phi) is 10.0. The van der Waals surface area contributed by atoms with Gasteiger partial charge in [0.25, 0.3) is 0 Å². The zero-order valence-corrected chi connectivity index (χ0v) is 10.8. The Bertz CT molecular complexity index is 176. The largest absolute Gasteiger partial charge is 0.378 e. The van der Waals surface area contributed by atoms with Crippen LogP contribution < -0.4 is 5.73 Å². The lowest BCUT2D eigenvalue weighted by Crippen LogP contribution is -2.23. The molecule has 3 N–H and O–H groups in total. The Morgan fingerprint density at radius 3 is 2.62 bits per heavy atom. The van der Waals surface area contributed by atoms with Crippen molar-refractivity contribution in [2.75, 3.05) is 6.61 Å². The number of unbranched alkanes of at least 4 members (excludes halogenated alkanes) is 1. The van der Waals surface area contributed by atoms with Crippen LogP contribution >= 0.6 is 11.6 Å². The Morgan fingerprint density at radius 2 is 2.06 bits per heavy atom. The molecule has 0 fully saturated rings. The molecule has 3 atom stereocenters. The number of aliphatic hydroxyl groups is 1. The molecule has 0 heterocycles. The fourth-order valence-electron chi connectivity index (χ4n) is 1.52. The number of nitrogens with two attached hydrogens (primary N) is 1. The lowest BCUT2D eigenvalue weighted by Gasteiger charge is -2.14. The first-order valence-electron chi connectivity index (χ1n) is 5.86. The highest BCUT2D eigenvalue weighted by Gasteiger charge is 2.08. The maximum atomic E-state index is 8.92. The molecular weight excluding hydrogens is 226 g/mol. The van der Waals surface area contributed by atoms with Gasteiger partial charge in [0.05, 0.1) is 12.7 Å². The number of ether oxygens (including phenoxy) is 1. The van der Waals surface area contributed by atoms with Gasteiger partial charge in [0.15, 0.2) is 0 Å². The maximum Gasteiger partial charge on any atom is 0.129 e. The van der Waals surface area contributed by atoms with Crippen LogP contribution in [0.25, 0.3) is 0 Å². The van der Waals surface area contributed by atoms with Crippen molar-refractivity contribution in [3.05, 3.63) is 12.7 Å². The van der Waals surface area contributed by atoms with Crippen molar-refractivity contribution in [1.82, 2.24) is 0 Å². The second kappa shape index (κ2) is 10.1. The topological polar surface area (TPSA) is 55.5 Å². The van der Waals surface area contributed by atoms with E-state index in [9.17, 15) is 0 Å². The van der Waals surface area contributed by atoms with E-state index in [1.807, 2.05) is 0 Å². The molecule has 2 unspecified atom stereocenters. The van der Waals surface area contributed by atoms with Gasteiger partial charge >= 0.3 is 0 Å². The Morgan fingerprint density at radius 1 is 1.44 bits per heavy atom. The average Bonchev–Trinajstić information content (AvgIpc) is 2.20. The SMILES string of the molecule is C=CCOC(C)CCCC[C@H](N)CC(O)Cl. The van der Waals surface area contributed by atoms with Gasteiger partial charge in [-0.2, -0.15) is 0 Å². The van der Waals surface area contributed by atoms with E-state index >= 15 is 0 Å². The van der Waals surface area contributed by atoms with Crippen molar-refractivity contribution < 1.29 is 9.84 Å². The van der Waals surface area contributed by atoms with Crippen molar-refractivity contribution in [3.8, 4) is 0 Å². The molecule has 0 saturated heterocycles. The van der Waals surface area contributed by atoms with E-state index in [4.69, 9.17) is 27.2 Å². The monoisotopic (exact) mass is 249 g/mol. The lowest BCUT2D eigenvalue weighted by atomic mass is 10.1. The number of halogens is 1. The van der Waals surface area contributed by atoms with E-state index in [1.165, 1.54) is 0 Å². The van der Waals surface area contributed by atoms with Crippen LogP contribution in [0.1, 0.15) is 39.0 Å². The van der Waals surface area contributed by atoms with E-state index in [0.29, 0.717) is 13.0 Å². The summed E-state index contributed by atoms with van der Waals surface area (Å²) in [6.45, 7) is 6.27. The molecule has 0 bridgehead atoms.